The molecule has 2 aromatic heterocycles. The van der Waals surface area contributed by atoms with Gasteiger partial charge in [0.05, 0.1) is 5.56 Å². The second kappa shape index (κ2) is 5.83. The summed E-state index contributed by atoms with van der Waals surface area (Å²) >= 11 is 0. The van der Waals surface area contributed by atoms with Gasteiger partial charge in [-0.1, -0.05) is 0 Å². The summed E-state index contributed by atoms with van der Waals surface area (Å²) in [5, 5.41) is 11.7. The smallest absolute Gasteiger partial charge is 0.369 e. The fraction of sp³-hybridized carbons (Fsp3) is 0.308. The average molecular weight is 295 g/mol. The maximum atomic E-state index is 12.6. The van der Waals surface area contributed by atoms with Crippen LogP contribution >= 0.6 is 0 Å². The van der Waals surface area contributed by atoms with Crippen molar-refractivity contribution in [1.82, 2.24) is 14.5 Å². The van der Waals surface area contributed by atoms with Crippen molar-refractivity contribution in [3.63, 3.8) is 0 Å². The number of rotatable bonds is 4. The number of nitriles is 1. The monoisotopic (exact) mass is 295 g/mol. The number of imidazole rings is 1. The molecule has 0 fully saturated rings. The first-order chi connectivity index (χ1) is 9.91. The number of alkyl halides is 3. The lowest BCUT2D eigenvalue weighted by atomic mass is 10.2. The highest BCUT2D eigenvalue weighted by molar-refractivity contribution is 5.52. The SMILES string of the molecule is Cn1ccnc1CCNc1nc(C(F)(F)F)ccc1C#N. The minimum atomic E-state index is -4.54. The van der Waals surface area contributed by atoms with E-state index in [0.717, 1.165) is 18.0 Å². The summed E-state index contributed by atoms with van der Waals surface area (Å²) < 4.78 is 39.7. The lowest BCUT2D eigenvalue weighted by molar-refractivity contribution is -0.141. The zero-order chi connectivity index (χ0) is 15.5. The van der Waals surface area contributed by atoms with Crippen LogP contribution in [0.2, 0.25) is 0 Å². The molecule has 0 aliphatic rings. The van der Waals surface area contributed by atoms with Crippen LogP contribution in [0.3, 0.4) is 0 Å². The molecule has 1 N–H and O–H groups in total. The van der Waals surface area contributed by atoms with E-state index in [2.05, 4.69) is 15.3 Å². The van der Waals surface area contributed by atoms with E-state index in [0.29, 0.717) is 13.0 Å². The number of anilines is 1. The lowest BCUT2D eigenvalue weighted by Gasteiger charge is -2.11. The van der Waals surface area contributed by atoms with Gasteiger partial charge in [0.1, 0.15) is 23.4 Å². The van der Waals surface area contributed by atoms with Crippen molar-refractivity contribution in [1.29, 1.82) is 5.26 Å². The zero-order valence-corrected chi connectivity index (χ0v) is 11.1. The summed E-state index contributed by atoms with van der Waals surface area (Å²) in [7, 11) is 1.82. The highest BCUT2D eigenvalue weighted by Crippen LogP contribution is 2.29. The van der Waals surface area contributed by atoms with Crippen LogP contribution in [0.15, 0.2) is 24.5 Å². The van der Waals surface area contributed by atoms with Gasteiger partial charge in [0.2, 0.25) is 0 Å². The first-order valence-corrected chi connectivity index (χ1v) is 6.10. The highest BCUT2D eigenvalue weighted by atomic mass is 19.4. The molecule has 0 aliphatic carbocycles. The first kappa shape index (κ1) is 14.8. The number of hydrogen-bond acceptors (Lipinski definition) is 4. The van der Waals surface area contributed by atoms with Crippen LogP contribution in [0.4, 0.5) is 19.0 Å². The Labute approximate surface area is 119 Å². The Balaban J connectivity index is 2.11. The normalized spacial score (nSPS) is 11.2. The Morgan fingerprint density at radius 1 is 1.38 bits per heavy atom. The molecule has 0 saturated heterocycles. The molecule has 2 aromatic rings. The van der Waals surface area contributed by atoms with Crippen molar-refractivity contribution >= 4 is 5.82 Å². The molecule has 0 aliphatic heterocycles. The van der Waals surface area contributed by atoms with Gasteiger partial charge in [-0.05, 0) is 12.1 Å². The Morgan fingerprint density at radius 2 is 2.14 bits per heavy atom. The highest BCUT2D eigenvalue weighted by Gasteiger charge is 2.33. The van der Waals surface area contributed by atoms with Crippen LogP contribution in [0.5, 0.6) is 0 Å². The molecule has 0 bridgehead atoms. The van der Waals surface area contributed by atoms with E-state index in [-0.39, 0.29) is 11.4 Å². The van der Waals surface area contributed by atoms with E-state index in [1.165, 1.54) is 0 Å². The topological polar surface area (TPSA) is 66.5 Å². The summed E-state index contributed by atoms with van der Waals surface area (Å²) in [4.78, 5) is 7.57. The van der Waals surface area contributed by atoms with E-state index in [9.17, 15) is 13.2 Å². The molecular weight excluding hydrogens is 283 g/mol. The van der Waals surface area contributed by atoms with Gasteiger partial charge in [-0.15, -0.1) is 0 Å². The second-order valence-corrected chi connectivity index (χ2v) is 4.33. The van der Waals surface area contributed by atoms with Crippen molar-refractivity contribution < 1.29 is 13.2 Å². The number of hydrogen-bond donors (Lipinski definition) is 1. The largest absolute Gasteiger partial charge is 0.433 e. The number of nitrogens with one attached hydrogen (secondary N) is 1. The van der Waals surface area contributed by atoms with Crippen LogP contribution in [0, 0.1) is 11.3 Å². The van der Waals surface area contributed by atoms with Gasteiger partial charge < -0.3 is 9.88 Å². The minimum Gasteiger partial charge on any atom is -0.369 e. The van der Waals surface area contributed by atoms with Gasteiger partial charge >= 0.3 is 6.18 Å². The van der Waals surface area contributed by atoms with Crippen LogP contribution < -0.4 is 5.32 Å². The van der Waals surface area contributed by atoms with Gasteiger partial charge in [0, 0.05) is 32.4 Å². The molecule has 2 heterocycles. The molecule has 0 saturated carbocycles. The summed E-state index contributed by atoms with van der Waals surface area (Å²) in [6.07, 6.45) is -0.618. The van der Waals surface area contributed by atoms with Crippen molar-refractivity contribution in [3.05, 3.63) is 41.6 Å². The molecule has 0 aromatic carbocycles. The summed E-state index contributed by atoms with van der Waals surface area (Å²) in [5.74, 6) is 0.717. The predicted octanol–water partition coefficient (Wildman–Crippen LogP) is 2.36. The standard InChI is InChI=1S/C13H12F3N5/c1-21-7-6-18-11(21)4-5-19-12-9(8-17)2-3-10(20-12)13(14,15)16/h2-3,6-7H,4-5H2,1H3,(H,19,20). The van der Waals surface area contributed by atoms with E-state index in [4.69, 9.17) is 5.26 Å². The van der Waals surface area contributed by atoms with Gasteiger partial charge in [0.15, 0.2) is 0 Å². The lowest BCUT2D eigenvalue weighted by Crippen LogP contribution is -2.14. The number of aromatic nitrogens is 3. The summed E-state index contributed by atoms with van der Waals surface area (Å²) in [6.45, 7) is 0.327. The third-order valence-corrected chi connectivity index (χ3v) is 2.87. The number of nitrogens with zero attached hydrogens (tertiary/aromatic N) is 4. The average Bonchev–Trinajstić information content (AvgIpc) is 2.83. The minimum absolute atomic E-state index is 0.0680. The van der Waals surface area contributed by atoms with Crippen LogP contribution in [-0.4, -0.2) is 21.1 Å². The molecule has 8 heteroatoms. The van der Waals surface area contributed by atoms with Crippen molar-refractivity contribution in [3.8, 4) is 6.07 Å². The van der Waals surface area contributed by atoms with Crippen molar-refractivity contribution in [2.24, 2.45) is 7.05 Å². The molecular formula is C13H12F3N5. The fourth-order valence-electron chi connectivity index (χ4n) is 1.77. The second-order valence-electron chi connectivity index (χ2n) is 4.33. The molecule has 0 spiro atoms. The zero-order valence-electron chi connectivity index (χ0n) is 11.1. The quantitative estimate of drug-likeness (QED) is 0.940. The van der Waals surface area contributed by atoms with Gasteiger partial charge in [-0.3, -0.25) is 0 Å². The molecule has 110 valence electrons. The third kappa shape index (κ3) is 3.51. The summed E-state index contributed by atoms with van der Waals surface area (Å²) in [6, 6.07) is 3.72. The van der Waals surface area contributed by atoms with E-state index >= 15 is 0 Å². The molecule has 0 radical (unpaired) electrons. The predicted molar refractivity (Wildman–Crippen MR) is 69.4 cm³/mol. The number of aryl methyl sites for hydroxylation is 1. The van der Waals surface area contributed by atoms with Crippen LogP contribution in [0.25, 0.3) is 0 Å². The molecule has 0 unspecified atom stereocenters. The molecule has 0 atom stereocenters. The van der Waals surface area contributed by atoms with Gasteiger partial charge in [0.25, 0.3) is 0 Å². The van der Waals surface area contributed by atoms with Crippen molar-refractivity contribution in [2.45, 2.75) is 12.6 Å². The van der Waals surface area contributed by atoms with Crippen molar-refractivity contribution in [2.75, 3.05) is 11.9 Å². The Morgan fingerprint density at radius 3 is 2.71 bits per heavy atom. The number of halogens is 3. The molecule has 21 heavy (non-hydrogen) atoms. The molecule has 5 nitrogen and oxygen atoms in total. The Kier molecular flexibility index (Phi) is 4.12. The van der Waals surface area contributed by atoms with Crippen LogP contribution in [0.1, 0.15) is 17.1 Å². The molecule has 2 rings (SSSR count). The fourth-order valence-corrected chi connectivity index (χ4v) is 1.77. The van der Waals surface area contributed by atoms with Gasteiger partial charge in [-0.25, -0.2) is 9.97 Å². The van der Waals surface area contributed by atoms with E-state index < -0.39 is 11.9 Å². The first-order valence-electron chi connectivity index (χ1n) is 6.10. The summed E-state index contributed by atoms with van der Waals surface area (Å²) in [5.41, 5.74) is -0.955. The van der Waals surface area contributed by atoms with E-state index in [1.54, 1.807) is 12.4 Å². The third-order valence-electron chi connectivity index (χ3n) is 2.87. The maximum Gasteiger partial charge on any atom is 0.433 e. The maximum absolute atomic E-state index is 12.6. The van der Waals surface area contributed by atoms with E-state index in [1.807, 2.05) is 17.7 Å². The molecule has 0 amide bonds. The Hall–Kier alpha value is -2.56. The van der Waals surface area contributed by atoms with Crippen LogP contribution in [-0.2, 0) is 19.6 Å². The Bertz CT molecular complexity index is 669. The van der Waals surface area contributed by atoms with Gasteiger partial charge in [-0.2, -0.15) is 18.4 Å². The number of pyridine rings is 1.